The zero-order valence-corrected chi connectivity index (χ0v) is 39.6. The van der Waals surface area contributed by atoms with E-state index in [9.17, 15) is 0 Å². The van der Waals surface area contributed by atoms with Crippen LogP contribution in [-0.2, 0) is 0 Å². The highest BCUT2D eigenvalue weighted by atomic mass is 16.5. The van der Waals surface area contributed by atoms with Gasteiger partial charge in [-0.25, -0.2) is 4.98 Å². The fourth-order valence-electron chi connectivity index (χ4n) is 11.0. The maximum atomic E-state index is 7.17. The van der Waals surface area contributed by atoms with Gasteiger partial charge in [0.2, 0.25) is 0 Å². The number of pyridine rings is 1. The Kier molecular flexibility index (Phi) is 10.4. The van der Waals surface area contributed by atoms with Gasteiger partial charge in [0.25, 0.3) is 6.33 Å². The molecule has 0 bridgehead atoms. The molecule has 0 aliphatic carbocycles. The summed E-state index contributed by atoms with van der Waals surface area (Å²) >= 11 is 0. The van der Waals surface area contributed by atoms with Gasteiger partial charge in [-0.2, -0.15) is 0 Å². The van der Waals surface area contributed by atoms with E-state index in [0.29, 0.717) is 17.4 Å². The van der Waals surface area contributed by atoms with Crippen LogP contribution in [0.15, 0.2) is 231 Å². The molecule has 6 nitrogen and oxygen atoms in total. The normalized spacial score (nSPS) is 11.8. The van der Waals surface area contributed by atoms with E-state index < -0.39 is 0 Å². The minimum atomic E-state index is 0.442. The molecule has 13 rings (SSSR count). The van der Waals surface area contributed by atoms with Crippen LogP contribution in [0.4, 0.5) is 0 Å². The number of nitrogens with zero attached hydrogens (tertiary/aromatic N) is 5. The number of ether oxygens (including phenoxy) is 1. The van der Waals surface area contributed by atoms with E-state index in [0.717, 1.165) is 102 Å². The molecule has 0 spiro atoms. The van der Waals surface area contributed by atoms with E-state index in [-0.39, 0.29) is 0 Å². The molecule has 0 saturated heterocycles. The summed E-state index contributed by atoms with van der Waals surface area (Å²) in [4.78, 5) is 5.09. The Bertz CT molecular complexity index is 4010. The van der Waals surface area contributed by atoms with Crippen LogP contribution in [0.2, 0.25) is 0 Å². The number of fused-ring (bicyclic) bond motifs is 7. The number of rotatable bonds is 11. The first-order valence-corrected chi connectivity index (χ1v) is 24.6. The van der Waals surface area contributed by atoms with E-state index in [2.05, 4.69) is 257 Å². The molecule has 0 N–H and O–H groups in total. The van der Waals surface area contributed by atoms with Crippen molar-refractivity contribution in [3.05, 3.63) is 243 Å². The highest BCUT2D eigenvalue weighted by molar-refractivity contribution is 6.16. The second-order valence-corrected chi connectivity index (χ2v) is 18.3. The molecule has 13 aromatic rings. The molecular weight excluding hydrogens is 867 g/mol. The largest absolute Gasteiger partial charge is 0.458 e. The molecule has 0 unspecified atom stereocenters. The molecule has 0 saturated carbocycles. The highest BCUT2D eigenvalue weighted by Crippen LogP contribution is 2.43. The molecule has 0 aliphatic heterocycles. The number of para-hydroxylation sites is 6. The second kappa shape index (κ2) is 17.5. The van der Waals surface area contributed by atoms with Crippen molar-refractivity contribution < 1.29 is 9.30 Å². The molecule has 4 aromatic heterocycles. The van der Waals surface area contributed by atoms with Crippen LogP contribution in [0, 0.1) is 6.33 Å². The average Bonchev–Trinajstić information content (AvgIpc) is 4.10. The predicted molar refractivity (Wildman–Crippen MR) is 291 cm³/mol. The molecule has 0 aliphatic rings. The summed E-state index contributed by atoms with van der Waals surface area (Å²) in [7, 11) is 0. The lowest BCUT2D eigenvalue weighted by Gasteiger charge is -2.17. The van der Waals surface area contributed by atoms with E-state index in [4.69, 9.17) is 9.72 Å². The van der Waals surface area contributed by atoms with Gasteiger partial charge in [0.1, 0.15) is 17.3 Å². The number of benzene rings is 9. The first kappa shape index (κ1) is 42.1. The van der Waals surface area contributed by atoms with Crippen molar-refractivity contribution in [2.75, 3.05) is 0 Å². The van der Waals surface area contributed by atoms with Crippen molar-refractivity contribution in [1.29, 1.82) is 0 Å². The van der Waals surface area contributed by atoms with Crippen LogP contribution in [-0.4, -0.2) is 18.7 Å². The van der Waals surface area contributed by atoms with Crippen LogP contribution < -0.4 is 9.30 Å². The first-order valence-electron chi connectivity index (χ1n) is 24.6. The van der Waals surface area contributed by atoms with Gasteiger partial charge in [-0.1, -0.05) is 178 Å². The standard InChI is InChI=1S/C65H49N5O/c1-3-44(4-2)47-37-38-66-63(39-47)70-58-34-16-13-29-55(58)64-61(69-56-32-14-11-27-53(56)54-28-12-15-33-57(54)69)41-50(42-62(64)70)71-49-26-19-25-48(40-49)67-43-68(60-36-18-17-35-59(60)67)65-51(45-21-7-5-8-22-45)30-20-31-52(65)46-23-9-6-10-24-46/h5-42,44H,3-4H2,1-2H3. The van der Waals surface area contributed by atoms with Gasteiger partial charge in [-0.3, -0.25) is 13.7 Å². The van der Waals surface area contributed by atoms with Gasteiger partial charge in [-0.05, 0) is 95.1 Å². The Morgan fingerprint density at radius 3 is 1.73 bits per heavy atom. The van der Waals surface area contributed by atoms with Gasteiger partial charge in [0, 0.05) is 39.9 Å². The van der Waals surface area contributed by atoms with Gasteiger partial charge in [-0.15, -0.1) is 0 Å². The van der Waals surface area contributed by atoms with E-state index >= 15 is 0 Å². The Morgan fingerprint density at radius 2 is 1.07 bits per heavy atom. The van der Waals surface area contributed by atoms with Gasteiger partial charge in [0.15, 0.2) is 0 Å². The SMILES string of the molecule is CCC(CC)c1ccnc(-n2c3ccccc3c3c(-n4c5ccccc5c5ccccc54)cc(Oc4cccc(-n5[c-][n+](-c6c(-c7ccccc7)cccc6-c6ccccc6)c6ccccc65)c4)cc32)c1. The van der Waals surface area contributed by atoms with Gasteiger partial charge >= 0.3 is 0 Å². The lowest BCUT2D eigenvalue weighted by Crippen LogP contribution is -2.31. The molecular formula is C65H49N5O. The van der Waals surface area contributed by atoms with E-state index in [1.807, 2.05) is 12.3 Å². The molecule has 71 heavy (non-hydrogen) atoms. The van der Waals surface area contributed by atoms with Crippen LogP contribution in [0.1, 0.15) is 38.2 Å². The Balaban J connectivity index is 1.01. The topological polar surface area (TPSA) is 40.8 Å². The summed E-state index contributed by atoms with van der Waals surface area (Å²) in [6.07, 6.45) is 7.94. The molecule has 0 radical (unpaired) electrons. The van der Waals surface area contributed by atoms with Gasteiger partial charge < -0.3 is 9.30 Å². The van der Waals surface area contributed by atoms with Crippen LogP contribution >= 0.6 is 0 Å². The lowest BCUT2D eigenvalue weighted by atomic mass is 9.95. The monoisotopic (exact) mass is 915 g/mol. The summed E-state index contributed by atoms with van der Waals surface area (Å²) in [5, 5.41) is 4.68. The zero-order chi connectivity index (χ0) is 47.4. The fourth-order valence-corrected chi connectivity index (χ4v) is 11.0. The summed E-state index contributed by atoms with van der Waals surface area (Å²) in [6.45, 7) is 4.54. The number of aromatic nitrogens is 5. The molecule has 4 heterocycles. The fraction of sp³-hybridized carbons (Fsp3) is 0.0769. The predicted octanol–water partition coefficient (Wildman–Crippen LogP) is 16.3. The number of hydrogen-bond acceptors (Lipinski definition) is 2. The summed E-state index contributed by atoms with van der Waals surface area (Å²) in [5.74, 6) is 2.75. The summed E-state index contributed by atoms with van der Waals surface area (Å²) in [6, 6.07) is 79.8. The first-order chi connectivity index (χ1) is 35.1. The van der Waals surface area contributed by atoms with Gasteiger partial charge in [0.05, 0.1) is 50.2 Å². The molecule has 0 atom stereocenters. The van der Waals surface area contributed by atoms with Crippen molar-refractivity contribution in [3.63, 3.8) is 0 Å². The van der Waals surface area contributed by atoms with Crippen LogP contribution in [0.3, 0.4) is 0 Å². The highest BCUT2D eigenvalue weighted by Gasteiger charge is 2.24. The maximum absolute atomic E-state index is 7.17. The molecule has 340 valence electrons. The van der Waals surface area contributed by atoms with Crippen molar-refractivity contribution in [2.24, 2.45) is 0 Å². The van der Waals surface area contributed by atoms with E-state index in [1.165, 1.54) is 16.3 Å². The van der Waals surface area contributed by atoms with Crippen LogP contribution in [0.5, 0.6) is 11.5 Å². The average molecular weight is 916 g/mol. The Hall–Kier alpha value is -9.00. The lowest BCUT2D eigenvalue weighted by molar-refractivity contribution is -0.571. The van der Waals surface area contributed by atoms with Crippen LogP contribution in [0.25, 0.3) is 99.8 Å². The minimum Gasteiger partial charge on any atom is -0.458 e. The van der Waals surface area contributed by atoms with Crippen molar-refractivity contribution in [2.45, 2.75) is 32.6 Å². The minimum absolute atomic E-state index is 0.442. The molecule has 0 amide bonds. The van der Waals surface area contributed by atoms with E-state index in [1.54, 1.807) is 0 Å². The smallest absolute Gasteiger partial charge is 0.269 e. The third-order valence-corrected chi connectivity index (χ3v) is 14.3. The molecule has 9 aromatic carbocycles. The van der Waals surface area contributed by atoms with Crippen molar-refractivity contribution in [1.82, 2.24) is 18.7 Å². The molecule has 6 heteroatoms. The zero-order valence-electron chi connectivity index (χ0n) is 39.6. The third kappa shape index (κ3) is 7.09. The molecule has 0 fully saturated rings. The van der Waals surface area contributed by atoms with Crippen molar-refractivity contribution >= 4 is 54.6 Å². The number of imidazole rings is 1. The quantitative estimate of drug-likeness (QED) is 0.0958. The third-order valence-electron chi connectivity index (χ3n) is 14.3. The Labute approximate surface area is 412 Å². The Morgan fingerprint density at radius 1 is 0.493 bits per heavy atom. The van der Waals surface area contributed by atoms with Crippen molar-refractivity contribution in [3.8, 4) is 56.6 Å². The second-order valence-electron chi connectivity index (χ2n) is 18.3. The summed E-state index contributed by atoms with van der Waals surface area (Å²) < 4.78 is 16.3. The summed E-state index contributed by atoms with van der Waals surface area (Å²) in [5.41, 5.74) is 15.3. The maximum Gasteiger partial charge on any atom is 0.269 e. The number of hydrogen-bond donors (Lipinski definition) is 0.